The Morgan fingerprint density at radius 1 is 1.29 bits per heavy atom. The van der Waals surface area contributed by atoms with Crippen LogP contribution in [0.5, 0.6) is 0 Å². The fourth-order valence-corrected chi connectivity index (χ4v) is 2.36. The summed E-state index contributed by atoms with van der Waals surface area (Å²) in [5, 5.41) is 2.28. The van der Waals surface area contributed by atoms with Crippen molar-refractivity contribution in [2.75, 3.05) is 6.54 Å². The van der Waals surface area contributed by atoms with Crippen molar-refractivity contribution in [1.29, 1.82) is 0 Å². The van der Waals surface area contributed by atoms with Crippen LogP contribution in [0.25, 0.3) is 0 Å². The topological polar surface area (TPSA) is 66.5 Å². The van der Waals surface area contributed by atoms with E-state index in [1.165, 1.54) is 4.90 Å². The van der Waals surface area contributed by atoms with Crippen LogP contribution in [0.1, 0.15) is 33.6 Å². The molecule has 114 valence electrons. The monoisotopic (exact) mass is 290 g/mol. The van der Waals surface area contributed by atoms with E-state index in [9.17, 15) is 14.4 Å². The Hall–Kier alpha value is -2.17. The van der Waals surface area contributed by atoms with Gasteiger partial charge in [0, 0.05) is 18.5 Å². The van der Waals surface area contributed by atoms with Crippen LogP contribution in [-0.4, -0.2) is 35.2 Å². The highest BCUT2D eigenvalue weighted by molar-refractivity contribution is 6.05. The van der Waals surface area contributed by atoms with E-state index in [1.807, 2.05) is 20.8 Å². The zero-order chi connectivity index (χ0) is 16.0. The van der Waals surface area contributed by atoms with E-state index in [1.54, 1.807) is 18.2 Å². The Morgan fingerprint density at radius 3 is 2.52 bits per heavy atom. The first-order chi connectivity index (χ1) is 10.0. The number of nitrogens with zero attached hydrogens (tertiary/aromatic N) is 1. The first-order valence-electron chi connectivity index (χ1n) is 7.18. The summed E-state index contributed by atoms with van der Waals surface area (Å²) in [4.78, 5) is 36.7. The first-order valence-corrected chi connectivity index (χ1v) is 7.18. The quantitative estimate of drug-likeness (QED) is 0.635. The third-order valence-corrected chi connectivity index (χ3v) is 3.34. The van der Waals surface area contributed by atoms with Crippen molar-refractivity contribution in [3.05, 3.63) is 36.0 Å². The lowest BCUT2D eigenvalue weighted by Gasteiger charge is -2.29. The molecule has 2 aliphatic heterocycles. The smallest absolute Gasteiger partial charge is 0.254 e. The molecule has 1 saturated heterocycles. The molecule has 2 heterocycles. The molecule has 0 bridgehead atoms. The molecule has 0 radical (unpaired) electrons. The molecule has 5 heteroatoms. The summed E-state index contributed by atoms with van der Waals surface area (Å²) in [6.07, 6.45) is 5.67. The molecule has 3 amide bonds. The fourth-order valence-electron chi connectivity index (χ4n) is 2.36. The molecule has 1 unspecified atom stereocenters. The van der Waals surface area contributed by atoms with Crippen molar-refractivity contribution in [2.45, 2.75) is 39.7 Å². The van der Waals surface area contributed by atoms with Gasteiger partial charge in [-0.15, -0.1) is 0 Å². The van der Waals surface area contributed by atoms with Gasteiger partial charge in [-0.1, -0.05) is 32.6 Å². The number of carbonyl (C=O) groups is 3. The van der Waals surface area contributed by atoms with Gasteiger partial charge in [-0.3, -0.25) is 19.7 Å². The van der Waals surface area contributed by atoms with Gasteiger partial charge in [0.05, 0.1) is 0 Å². The number of hydrogen-bond donors (Lipinski definition) is 1. The molecule has 2 aliphatic rings. The molecule has 1 fully saturated rings. The van der Waals surface area contributed by atoms with Crippen molar-refractivity contribution in [2.24, 2.45) is 0 Å². The molecule has 2 rings (SSSR count). The van der Waals surface area contributed by atoms with Gasteiger partial charge in [0.15, 0.2) is 0 Å². The summed E-state index contributed by atoms with van der Waals surface area (Å²) >= 11 is 0. The van der Waals surface area contributed by atoms with E-state index < -0.39 is 6.04 Å². The summed E-state index contributed by atoms with van der Waals surface area (Å²) in [6, 6.07) is -0.546. The number of hydrogen-bond acceptors (Lipinski definition) is 3. The number of allylic oxidation sites excluding steroid dienone is 2. The minimum absolute atomic E-state index is 0.162. The van der Waals surface area contributed by atoms with Crippen LogP contribution < -0.4 is 5.32 Å². The van der Waals surface area contributed by atoms with Crippen molar-refractivity contribution >= 4 is 17.7 Å². The lowest BCUT2D eigenvalue weighted by atomic mass is 10.0. The van der Waals surface area contributed by atoms with E-state index in [0.29, 0.717) is 18.5 Å². The lowest BCUT2D eigenvalue weighted by molar-refractivity contribution is -0.142. The second-order valence-electron chi connectivity index (χ2n) is 4.69. The van der Waals surface area contributed by atoms with Crippen molar-refractivity contribution in [3.63, 3.8) is 0 Å². The van der Waals surface area contributed by atoms with Crippen LogP contribution in [0.2, 0.25) is 0 Å². The van der Waals surface area contributed by atoms with Gasteiger partial charge in [0.2, 0.25) is 11.8 Å². The summed E-state index contributed by atoms with van der Waals surface area (Å²) in [5.41, 5.74) is 1.53. The SMILES string of the molecule is C=C/C=C\C1=C(C)CN(C2CCC(=O)NC2=O)C1=O.CC. The van der Waals surface area contributed by atoms with Crippen LogP contribution in [0.4, 0.5) is 0 Å². The molecule has 1 atom stereocenters. The number of imide groups is 1. The van der Waals surface area contributed by atoms with Gasteiger partial charge in [-0.25, -0.2) is 0 Å². The second kappa shape index (κ2) is 7.57. The third kappa shape index (κ3) is 3.68. The Kier molecular flexibility index (Phi) is 6.09. The third-order valence-electron chi connectivity index (χ3n) is 3.34. The minimum Gasteiger partial charge on any atom is -0.323 e. The van der Waals surface area contributed by atoms with Crippen LogP contribution in [0, 0.1) is 0 Å². The van der Waals surface area contributed by atoms with Gasteiger partial charge >= 0.3 is 0 Å². The van der Waals surface area contributed by atoms with Gasteiger partial charge in [-0.2, -0.15) is 0 Å². The van der Waals surface area contributed by atoms with Crippen LogP contribution in [0.3, 0.4) is 0 Å². The van der Waals surface area contributed by atoms with E-state index in [2.05, 4.69) is 11.9 Å². The van der Waals surface area contributed by atoms with Crippen molar-refractivity contribution in [1.82, 2.24) is 10.2 Å². The highest BCUT2D eigenvalue weighted by Crippen LogP contribution is 2.25. The van der Waals surface area contributed by atoms with E-state index >= 15 is 0 Å². The molecule has 1 N–H and O–H groups in total. The highest BCUT2D eigenvalue weighted by atomic mass is 16.2. The van der Waals surface area contributed by atoms with Crippen molar-refractivity contribution < 1.29 is 14.4 Å². The maximum atomic E-state index is 12.3. The zero-order valence-electron chi connectivity index (χ0n) is 12.8. The Bertz CT molecular complexity index is 518. The lowest BCUT2D eigenvalue weighted by Crippen LogP contribution is -2.53. The average molecular weight is 290 g/mol. The van der Waals surface area contributed by atoms with Gasteiger partial charge in [-0.05, 0) is 25.0 Å². The summed E-state index contributed by atoms with van der Waals surface area (Å²) < 4.78 is 0. The summed E-state index contributed by atoms with van der Waals surface area (Å²) in [6.45, 7) is 9.87. The van der Waals surface area contributed by atoms with E-state index in [0.717, 1.165) is 5.57 Å². The average Bonchev–Trinajstić information content (AvgIpc) is 2.74. The first kappa shape index (κ1) is 16.9. The number of nitrogens with one attached hydrogen (secondary N) is 1. The number of piperidine rings is 1. The number of amides is 3. The maximum absolute atomic E-state index is 12.3. The Balaban J connectivity index is 0.00000106. The van der Waals surface area contributed by atoms with Gasteiger partial charge in [0.25, 0.3) is 5.91 Å². The Labute approximate surface area is 125 Å². The molecular weight excluding hydrogens is 268 g/mol. The largest absolute Gasteiger partial charge is 0.323 e. The summed E-state index contributed by atoms with van der Waals surface area (Å²) in [7, 11) is 0. The van der Waals surface area contributed by atoms with Gasteiger partial charge in [0.1, 0.15) is 6.04 Å². The molecule has 5 nitrogen and oxygen atoms in total. The number of carbonyl (C=O) groups excluding carboxylic acids is 3. The Morgan fingerprint density at radius 2 is 1.95 bits per heavy atom. The van der Waals surface area contributed by atoms with Crippen molar-refractivity contribution in [3.8, 4) is 0 Å². The molecular formula is C16H22N2O3. The van der Waals surface area contributed by atoms with Gasteiger partial charge < -0.3 is 4.90 Å². The number of rotatable bonds is 3. The fraction of sp³-hybridized carbons (Fsp3) is 0.438. The molecule has 0 spiro atoms. The molecule has 0 saturated carbocycles. The standard InChI is InChI=1S/C14H16N2O3.C2H6/c1-3-4-5-10-9(2)8-16(14(10)19)11-6-7-12(17)15-13(11)18;1-2/h3-5,11H,1,6-8H2,2H3,(H,15,17,18);1-2H3/b5-4-;. The normalized spacial score (nSPS) is 22.3. The predicted octanol–water partition coefficient (Wildman–Crippen LogP) is 1.72. The second-order valence-corrected chi connectivity index (χ2v) is 4.69. The van der Waals surface area contributed by atoms with Crippen LogP contribution in [0.15, 0.2) is 36.0 Å². The maximum Gasteiger partial charge on any atom is 0.254 e. The highest BCUT2D eigenvalue weighted by Gasteiger charge is 2.38. The van der Waals surface area contributed by atoms with E-state index in [-0.39, 0.29) is 24.1 Å². The molecule has 0 aliphatic carbocycles. The van der Waals surface area contributed by atoms with Crippen LogP contribution >= 0.6 is 0 Å². The zero-order valence-corrected chi connectivity index (χ0v) is 12.8. The molecule has 21 heavy (non-hydrogen) atoms. The molecule has 0 aromatic heterocycles. The predicted molar refractivity (Wildman–Crippen MR) is 81.3 cm³/mol. The minimum atomic E-state index is -0.546. The van der Waals surface area contributed by atoms with E-state index in [4.69, 9.17) is 0 Å². The molecule has 0 aromatic rings. The summed E-state index contributed by atoms with van der Waals surface area (Å²) in [5.74, 6) is -0.819. The molecule has 0 aromatic carbocycles. The van der Waals surface area contributed by atoms with Crippen LogP contribution in [-0.2, 0) is 14.4 Å².